The minimum Gasteiger partial charge on any atom is -0.380 e. The third kappa shape index (κ3) is 3.79. The van der Waals surface area contributed by atoms with Gasteiger partial charge in [-0.3, -0.25) is 4.79 Å². The van der Waals surface area contributed by atoms with Crippen molar-refractivity contribution in [2.24, 2.45) is 0 Å². The third-order valence-electron chi connectivity index (χ3n) is 2.55. The number of benzene rings is 1. The molecule has 0 bridgehead atoms. The maximum absolute atomic E-state index is 13.3. The van der Waals surface area contributed by atoms with E-state index in [9.17, 15) is 9.18 Å². The standard InChI is InChI=1S/C14H15FN2OS/c1-9-5-11(15)7-12(6-9)16-8-14-13(3-4-19-14)17-10(2)18/h3-7,16H,8H2,1-2H3,(H,17,18). The first-order chi connectivity index (χ1) is 9.04. The molecule has 0 saturated carbocycles. The molecule has 1 aromatic heterocycles. The van der Waals surface area contributed by atoms with Gasteiger partial charge in [-0.25, -0.2) is 4.39 Å². The van der Waals surface area contributed by atoms with Crippen LogP contribution in [0.4, 0.5) is 15.8 Å². The summed E-state index contributed by atoms with van der Waals surface area (Å²) in [6, 6.07) is 6.69. The zero-order valence-corrected chi connectivity index (χ0v) is 11.6. The molecule has 0 aliphatic rings. The Morgan fingerprint density at radius 2 is 2.16 bits per heavy atom. The highest BCUT2D eigenvalue weighted by Gasteiger charge is 2.06. The minimum absolute atomic E-state index is 0.0961. The smallest absolute Gasteiger partial charge is 0.221 e. The van der Waals surface area contributed by atoms with Crippen LogP contribution in [0.1, 0.15) is 17.4 Å². The van der Waals surface area contributed by atoms with E-state index in [1.54, 1.807) is 11.3 Å². The van der Waals surface area contributed by atoms with Crippen molar-refractivity contribution in [2.45, 2.75) is 20.4 Å². The van der Waals surface area contributed by atoms with Gasteiger partial charge in [0.2, 0.25) is 5.91 Å². The summed E-state index contributed by atoms with van der Waals surface area (Å²) in [5.74, 6) is -0.350. The summed E-state index contributed by atoms with van der Waals surface area (Å²) in [6.45, 7) is 3.88. The lowest BCUT2D eigenvalue weighted by Crippen LogP contribution is -2.08. The summed E-state index contributed by atoms with van der Waals surface area (Å²) >= 11 is 1.55. The second-order valence-corrected chi connectivity index (χ2v) is 5.31. The van der Waals surface area contributed by atoms with Gasteiger partial charge in [0.05, 0.1) is 12.2 Å². The molecule has 100 valence electrons. The normalized spacial score (nSPS) is 10.3. The van der Waals surface area contributed by atoms with Gasteiger partial charge >= 0.3 is 0 Å². The summed E-state index contributed by atoms with van der Waals surface area (Å²) < 4.78 is 13.3. The van der Waals surface area contributed by atoms with Crippen LogP contribution in [-0.2, 0) is 11.3 Å². The fraction of sp³-hybridized carbons (Fsp3) is 0.214. The molecular weight excluding hydrogens is 263 g/mol. The second-order valence-electron chi connectivity index (χ2n) is 4.31. The van der Waals surface area contributed by atoms with Crippen molar-refractivity contribution in [2.75, 3.05) is 10.6 Å². The van der Waals surface area contributed by atoms with Gasteiger partial charge in [0.1, 0.15) is 5.82 Å². The van der Waals surface area contributed by atoms with Gasteiger partial charge in [0.25, 0.3) is 0 Å². The van der Waals surface area contributed by atoms with E-state index < -0.39 is 0 Å². The van der Waals surface area contributed by atoms with Crippen molar-refractivity contribution in [1.82, 2.24) is 0 Å². The Morgan fingerprint density at radius 3 is 2.84 bits per heavy atom. The van der Waals surface area contributed by atoms with Crippen LogP contribution >= 0.6 is 11.3 Å². The van der Waals surface area contributed by atoms with Gasteiger partial charge in [0.15, 0.2) is 0 Å². The Labute approximate surface area is 115 Å². The van der Waals surface area contributed by atoms with Crippen molar-refractivity contribution < 1.29 is 9.18 Å². The van der Waals surface area contributed by atoms with E-state index >= 15 is 0 Å². The lowest BCUT2D eigenvalue weighted by atomic mass is 10.2. The van der Waals surface area contributed by atoms with Crippen LogP contribution in [0.2, 0.25) is 0 Å². The Kier molecular flexibility index (Phi) is 4.16. The molecule has 1 heterocycles. The number of carbonyl (C=O) groups is 1. The molecule has 2 N–H and O–H groups in total. The van der Waals surface area contributed by atoms with Gasteiger partial charge in [-0.2, -0.15) is 0 Å². The van der Waals surface area contributed by atoms with Gasteiger partial charge in [-0.1, -0.05) is 0 Å². The van der Waals surface area contributed by atoms with Crippen LogP contribution < -0.4 is 10.6 Å². The van der Waals surface area contributed by atoms with Gasteiger partial charge in [0, 0.05) is 17.5 Å². The molecule has 0 unspecified atom stereocenters. The number of rotatable bonds is 4. The molecule has 0 radical (unpaired) electrons. The van der Waals surface area contributed by atoms with E-state index in [-0.39, 0.29) is 11.7 Å². The van der Waals surface area contributed by atoms with E-state index in [0.717, 1.165) is 21.8 Å². The molecule has 5 heteroatoms. The van der Waals surface area contributed by atoms with Crippen LogP contribution in [-0.4, -0.2) is 5.91 Å². The highest BCUT2D eigenvalue weighted by Crippen LogP contribution is 2.24. The fourth-order valence-electron chi connectivity index (χ4n) is 1.80. The molecule has 19 heavy (non-hydrogen) atoms. The van der Waals surface area contributed by atoms with Crippen LogP contribution in [0, 0.1) is 12.7 Å². The van der Waals surface area contributed by atoms with Gasteiger partial charge in [-0.05, 0) is 42.1 Å². The number of hydrogen-bond acceptors (Lipinski definition) is 3. The largest absolute Gasteiger partial charge is 0.380 e. The molecule has 0 fully saturated rings. The number of aryl methyl sites for hydroxylation is 1. The molecule has 0 spiro atoms. The molecule has 0 aliphatic heterocycles. The van der Waals surface area contributed by atoms with Crippen molar-refractivity contribution in [3.05, 3.63) is 45.9 Å². The van der Waals surface area contributed by atoms with Crippen LogP contribution in [0.15, 0.2) is 29.6 Å². The molecule has 1 aromatic carbocycles. The molecular formula is C14H15FN2OS. The molecule has 0 aliphatic carbocycles. The van der Waals surface area contributed by atoms with Crippen LogP contribution in [0.25, 0.3) is 0 Å². The Hall–Kier alpha value is -1.88. The maximum atomic E-state index is 13.3. The first-order valence-corrected chi connectivity index (χ1v) is 6.77. The monoisotopic (exact) mass is 278 g/mol. The lowest BCUT2D eigenvalue weighted by molar-refractivity contribution is -0.114. The number of hydrogen-bond donors (Lipinski definition) is 2. The minimum atomic E-state index is -0.254. The second kappa shape index (κ2) is 5.84. The predicted octanol–water partition coefficient (Wildman–Crippen LogP) is 3.77. The quantitative estimate of drug-likeness (QED) is 0.894. The molecule has 2 rings (SSSR count). The number of nitrogens with one attached hydrogen (secondary N) is 2. The summed E-state index contributed by atoms with van der Waals surface area (Å²) in [7, 11) is 0. The van der Waals surface area contributed by atoms with E-state index in [0.29, 0.717) is 6.54 Å². The topological polar surface area (TPSA) is 41.1 Å². The summed E-state index contributed by atoms with van der Waals surface area (Å²) in [6.07, 6.45) is 0. The molecule has 2 aromatic rings. The van der Waals surface area contributed by atoms with E-state index in [1.165, 1.54) is 19.1 Å². The maximum Gasteiger partial charge on any atom is 0.221 e. The Morgan fingerprint density at radius 1 is 1.37 bits per heavy atom. The number of thiophene rings is 1. The Balaban J connectivity index is 2.06. The predicted molar refractivity (Wildman–Crippen MR) is 77.1 cm³/mol. The van der Waals surface area contributed by atoms with E-state index in [2.05, 4.69) is 10.6 Å². The van der Waals surface area contributed by atoms with Crippen LogP contribution in [0.5, 0.6) is 0 Å². The first kappa shape index (κ1) is 13.5. The number of amides is 1. The van der Waals surface area contributed by atoms with E-state index in [1.807, 2.05) is 24.4 Å². The van der Waals surface area contributed by atoms with E-state index in [4.69, 9.17) is 0 Å². The summed E-state index contributed by atoms with van der Waals surface area (Å²) in [4.78, 5) is 12.1. The number of halogens is 1. The summed E-state index contributed by atoms with van der Waals surface area (Å²) in [5.41, 5.74) is 2.41. The lowest BCUT2D eigenvalue weighted by Gasteiger charge is -2.08. The zero-order chi connectivity index (χ0) is 13.8. The average molecular weight is 278 g/mol. The van der Waals surface area contributed by atoms with Crippen molar-refractivity contribution in [3.8, 4) is 0 Å². The molecule has 1 amide bonds. The van der Waals surface area contributed by atoms with Crippen molar-refractivity contribution >= 4 is 28.6 Å². The van der Waals surface area contributed by atoms with Gasteiger partial charge in [-0.15, -0.1) is 11.3 Å². The van der Waals surface area contributed by atoms with Crippen LogP contribution in [0.3, 0.4) is 0 Å². The highest BCUT2D eigenvalue weighted by molar-refractivity contribution is 7.10. The highest BCUT2D eigenvalue weighted by atomic mass is 32.1. The molecule has 0 atom stereocenters. The summed E-state index contributed by atoms with van der Waals surface area (Å²) in [5, 5.41) is 7.85. The average Bonchev–Trinajstić information content (AvgIpc) is 2.71. The Bertz CT molecular complexity index is 575. The third-order valence-corrected chi connectivity index (χ3v) is 3.47. The van der Waals surface area contributed by atoms with Crippen molar-refractivity contribution in [3.63, 3.8) is 0 Å². The SMILES string of the molecule is CC(=O)Nc1ccsc1CNc1cc(C)cc(F)c1. The zero-order valence-electron chi connectivity index (χ0n) is 10.8. The number of carbonyl (C=O) groups excluding carboxylic acids is 1. The first-order valence-electron chi connectivity index (χ1n) is 5.89. The molecule has 0 saturated heterocycles. The fourth-order valence-corrected chi connectivity index (χ4v) is 2.57. The number of anilines is 2. The molecule has 3 nitrogen and oxygen atoms in total. The van der Waals surface area contributed by atoms with Crippen molar-refractivity contribution in [1.29, 1.82) is 0 Å². The van der Waals surface area contributed by atoms with Gasteiger partial charge < -0.3 is 10.6 Å².